The summed E-state index contributed by atoms with van der Waals surface area (Å²) in [6, 6.07) is 11.4. The highest BCUT2D eigenvalue weighted by atomic mass is 35.5. The number of ether oxygens (including phenoxy) is 2. The van der Waals surface area contributed by atoms with Crippen molar-refractivity contribution in [1.29, 1.82) is 0 Å². The van der Waals surface area contributed by atoms with E-state index in [9.17, 15) is 4.79 Å². The number of hydrogen-bond donors (Lipinski definition) is 0. The Morgan fingerprint density at radius 3 is 2.59 bits per heavy atom. The monoisotopic (exact) mass is 454 g/mol. The van der Waals surface area contributed by atoms with E-state index < -0.39 is 0 Å². The van der Waals surface area contributed by atoms with Crippen LogP contribution in [-0.2, 0) is 6.54 Å². The van der Waals surface area contributed by atoms with E-state index in [1.807, 2.05) is 36.1 Å². The smallest absolute Gasteiger partial charge is 0.254 e. The van der Waals surface area contributed by atoms with Gasteiger partial charge >= 0.3 is 0 Å². The molecule has 9 heteroatoms. The molecular formula is C23H23ClN4O4. The summed E-state index contributed by atoms with van der Waals surface area (Å²) in [5.41, 5.74) is 2.62. The fourth-order valence-electron chi connectivity index (χ4n) is 3.86. The molecule has 32 heavy (non-hydrogen) atoms. The first kappa shape index (κ1) is 20.8. The Kier molecular flexibility index (Phi) is 5.71. The number of rotatable bonds is 4. The van der Waals surface area contributed by atoms with Crippen LogP contribution in [0.4, 0.5) is 0 Å². The van der Waals surface area contributed by atoms with Crippen molar-refractivity contribution in [1.82, 2.24) is 19.9 Å². The Bertz CT molecular complexity index is 1120. The number of aromatic nitrogens is 2. The maximum atomic E-state index is 13.0. The van der Waals surface area contributed by atoms with Gasteiger partial charge in [-0.1, -0.05) is 46.6 Å². The standard InChI is InChI=1S/C23H23ClN4O4/c1-15-2-4-16(5-3-15)22-25-20(32-26-22)14-27-6-8-28(9-7-27)23(29)17-12-18(24)21-19(13-17)30-10-11-31-21/h2-5,12-13H,6-11,14H2,1H3. The molecule has 5 rings (SSSR count). The number of benzene rings is 2. The fraction of sp³-hybridized carbons (Fsp3) is 0.348. The molecule has 0 saturated carbocycles. The third-order valence-corrected chi connectivity index (χ3v) is 5.92. The molecule has 0 unspecified atom stereocenters. The summed E-state index contributed by atoms with van der Waals surface area (Å²) in [6.07, 6.45) is 0. The van der Waals surface area contributed by atoms with Crippen LogP contribution in [0.2, 0.25) is 5.02 Å². The van der Waals surface area contributed by atoms with Crippen LogP contribution in [0.25, 0.3) is 11.4 Å². The summed E-state index contributed by atoms with van der Waals surface area (Å²) >= 11 is 6.29. The number of fused-ring (bicyclic) bond motifs is 1. The van der Waals surface area contributed by atoms with Crippen LogP contribution in [0.5, 0.6) is 11.5 Å². The maximum Gasteiger partial charge on any atom is 0.254 e. The Labute approximate surface area is 190 Å². The van der Waals surface area contributed by atoms with E-state index >= 15 is 0 Å². The molecule has 166 valence electrons. The van der Waals surface area contributed by atoms with Crippen LogP contribution in [0.1, 0.15) is 21.8 Å². The van der Waals surface area contributed by atoms with Gasteiger partial charge in [-0.2, -0.15) is 4.98 Å². The van der Waals surface area contributed by atoms with Gasteiger partial charge in [-0.05, 0) is 19.1 Å². The molecule has 3 aromatic rings. The molecule has 1 amide bonds. The second-order valence-corrected chi connectivity index (χ2v) is 8.34. The van der Waals surface area contributed by atoms with Gasteiger partial charge in [-0.15, -0.1) is 0 Å². The fourth-order valence-corrected chi connectivity index (χ4v) is 4.12. The van der Waals surface area contributed by atoms with Gasteiger partial charge in [0.15, 0.2) is 11.5 Å². The van der Waals surface area contributed by atoms with E-state index in [2.05, 4.69) is 15.0 Å². The highest BCUT2D eigenvalue weighted by Gasteiger charge is 2.26. The summed E-state index contributed by atoms with van der Waals surface area (Å²) in [5, 5.41) is 4.49. The Morgan fingerprint density at radius 1 is 1.06 bits per heavy atom. The molecule has 2 aromatic carbocycles. The zero-order valence-corrected chi connectivity index (χ0v) is 18.5. The summed E-state index contributed by atoms with van der Waals surface area (Å²) in [5.74, 6) is 2.11. The number of nitrogens with zero attached hydrogens (tertiary/aromatic N) is 4. The molecular weight excluding hydrogens is 432 g/mol. The average Bonchev–Trinajstić information content (AvgIpc) is 3.28. The Balaban J connectivity index is 1.19. The third kappa shape index (κ3) is 4.28. The number of carbonyl (C=O) groups excluding carboxylic acids is 1. The molecule has 1 saturated heterocycles. The highest BCUT2D eigenvalue weighted by molar-refractivity contribution is 6.32. The lowest BCUT2D eigenvalue weighted by Crippen LogP contribution is -2.48. The first-order valence-corrected chi connectivity index (χ1v) is 10.9. The second kappa shape index (κ2) is 8.80. The number of hydrogen-bond acceptors (Lipinski definition) is 7. The normalized spacial score (nSPS) is 16.2. The van der Waals surface area contributed by atoms with Crippen molar-refractivity contribution in [2.75, 3.05) is 39.4 Å². The number of halogens is 1. The molecule has 0 radical (unpaired) electrons. The highest BCUT2D eigenvalue weighted by Crippen LogP contribution is 2.38. The van der Waals surface area contributed by atoms with Crippen molar-refractivity contribution in [3.63, 3.8) is 0 Å². The van der Waals surface area contributed by atoms with Crippen LogP contribution in [0, 0.1) is 6.92 Å². The first-order valence-electron chi connectivity index (χ1n) is 10.6. The Hall–Kier alpha value is -3.10. The molecule has 3 heterocycles. The van der Waals surface area contributed by atoms with E-state index in [1.165, 1.54) is 5.56 Å². The zero-order valence-electron chi connectivity index (χ0n) is 17.7. The molecule has 8 nitrogen and oxygen atoms in total. The van der Waals surface area contributed by atoms with Gasteiger partial charge in [-0.3, -0.25) is 9.69 Å². The lowest BCUT2D eigenvalue weighted by atomic mass is 10.1. The quantitative estimate of drug-likeness (QED) is 0.597. The lowest BCUT2D eigenvalue weighted by molar-refractivity contribution is 0.0614. The minimum Gasteiger partial charge on any atom is -0.486 e. The van der Waals surface area contributed by atoms with Crippen molar-refractivity contribution in [3.05, 3.63) is 58.4 Å². The van der Waals surface area contributed by atoms with Crippen molar-refractivity contribution in [2.24, 2.45) is 0 Å². The van der Waals surface area contributed by atoms with Gasteiger partial charge in [-0.25, -0.2) is 0 Å². The van der Waals surface area contributed by atoms with E-state index in [4.69, 9.17) is 25.6 Å². The topological polar surface area (TPSA) is 80.9 Å². The molecule has 0 spiro atoms. The minimum atomic E-state index is -0.0667. The number of amides is 1. The van der Waals surface area contributed by atoms with Crippen LogP contribution >= 0.6 is 11.6 Å². The summed E-state index contributed by atoms with van der Waals surface area (Å²) in [4.78, 5) is 21.5. The largest absolute Gasteiger partial charge is 0.486 e. The van der Waals surface area contributed by atoms with Gasteiger partial charge in [0.25, 0.3) is 5.91 Å². The Morgan fingerprint density at radius 2 is 1.81 bits per heavy atom. The molecule has 1 aromatic heterocycles. The summed E-state index contributed by atoms with van der Waals surface area (Å²) in [7, 11) is 0. The van der Waals surface area contributed by atoms with Crippen molar-refractivity contribution < 1.29 is 18.8 Å². The summed E-state index contributed by atoms with van der Waals surface area (Å²) < 4.78 is 16.6. The third-order valence-electron chi connectivity index (χ3n) is 5.64. The predicted molar refractivity (Wildman–Crippen MR) is 118 cm³/mol. The second-order valence-electron chi connectivity index (χ2n) is 7.93. The van der Waals surface area contributed by atoms with E-state index in [1.54, 1.807) is 12.1 Å². The van der Waals surface area contributed by atoms with Gasteiger partial charge in [0.2, 0.25) is 11.7 Å². The molecule has 0 bridgehead atoms. The van der Waals surface area contributed by atoms with Gasteiger partial charge in [0.05, 0.1) is 11.6 Å². The molecule has 2 aliphatic heterocycles. The van der Waals surface area contributed by atoms with E-state index in [-0.39, 0.29) is 5.91 Å². The number of piperazine rings is 1. The average molecular weight is 455 g/mol. The van der Waals surface area contributed by atoms with Crippen molar-refractivity contribution in [2.45, 2.75) is 13.5 Å². The van der Waals surface area contributed by atoms with Crippen LogP contribution in [-0.4, -0.2) is 65.2 Å². The zero-order chi connectivity index (χ0) is 22.1. The van der Waals surface area contributed by atoms with E-state index in [0.29, 0.717) is 79.7 Å². The van der Waals surface area contributed by atoms with Crippen LogP contribution < -0.4 is 9.47 Å². The van der Waals surface area contributed by atoms with Crippen molar-refractivity contribution in [3.8, 4) is 22.9 Å². The van der Waals surface area contributed by atoms with Crippen LogP contribution in [0.3, 0.4) is 0 Å². The predicted octanol–water partition coefficient (Wildman–Crippen LogP) is 3.43. The maximum absolute atomic E-state index is 13.0. The molecule has 0 aliphatic carbocycles. The van der Waals surface area contributed by atoms with Crippen LogP contribution in [0.15, 0.2) is 40.9 Å². The van der Waals surface area contributed by atoms with Gasteiger partial charge in [0, 0.05) is 37.3 Å². The molecule has 2 aliphatic rings. The minimum absolute atomic E-state index is 0.0667. The lowest BCUT2D eigenvalue weighted by Gasteiger charge is -2.34. The molecule has 0 N–H and O–H groups in total. The number of aryl methyl sites for hydroxylation is 1. The van der Waals surface area contributed by atoms with Gasteiger partial charge in [0.1, 0.15) is 13.2 Å². The molecule has 0 atom stereocenters. The van der Waals surface area contributed by atoms with Crippen molar-refractivity contribution >= 4 is 17.5 Å². The van der Waals surface area contributed by atoms with Gasteiger partial charge < -0.3 is 18.9 Å². The molecule has 1 fully saturated rings. The van der Waals surface area contributed by atoms with E-state index in [0.717, 1.165) is 5.56 Å². The summed E-state index contributed by atoms with van der Waals surface area (Å²) in [6.45, 7) is 6.12. The first-order chi connectivity index (χ1) is 15.6. The SMILES string of the molecule is Cc1ccc(-c2noc(CN3CCN(C(=O)c4cc(Cl)c5c(c4)OCCO5)CC3)n2)cc1. The number of carbonyl (C=O) groups is 1.